The predicted octanol–water partition coefficient (Wildman–Crippen LogP) is 4.39. The highest BCUT2D eigenvalue weighted by Gasteiger charge is 2.24. The number of halogens is 2. The van der Waals surface area contributed by atoms with Gasteiger partial charge < -0.3 is 4.98 Å². The molecule has 21 heavy (non-hydrogen) atoms. The molecule has 2 aromatic rings. The molecule has 0 aliphatic heterocycles. The summed E-state index contributed by atoms with van der Waals surface area (Å²) in [4.78, 5) is 14.5. The van der Waals surface area contributed by atoms with Gasteiger partial charge in [0.25, 0.3) is 0 Å². The lowest BCUT2D eigenvalue weighted by atomic mass is 9.87. The molecular formula is C16H22F2N2O. The van der Waals surface area contributed by atoms with Gasteiger partial charge in [-0.3, -0.25) is 4.57 Å². The highest BCUT2D eigenvalue weighted by atomic mass is 19.1. The van der Waals surface area contributed by atoms with E-state index in [1.54, 1.807) is 0 Å². The Balaban J connectivity index is 0.000000774. The molecule has 0 spiro atoms. The Labute approximate surface area is 123 Å². The first-order valence-electron chi connectivity index (χ1n) is 7.65. The summed E-state index contributed by atoms with van der Waals surface area (Å²) in [7, 11) is 0. The van der Waals surface area contributed by atoms with Gasteiger partial charge in [0.05, 0.1) is 5.52 Å². The molecule has 0 saturated heterocycles. The number of rotatable bonds is 1. The second kappa shape index (κ2) is 6.41. The van der Waals surface area contributed by atoms with Gasteiger partial charge in [0.15, 0.2) is 5.82 Å². The number of benzene rings is 1. The number of aromatic nitrogens is 2. The molecule has 1 N–H and O–H groups in total. The summed E-state index contributed by atoms with van der Waals surface area (Å²) >= 11 is 0. The zero-order chi connectivity index (χ0) is 15.6. The quantitative estimate of drug-likeness (QED) is 0.833. The minimum Gasteiger partial charge on any atom is -0.303 e. The average molecular weight is 296 g/mol. The molecule has 1 aliphatic rings. The summed E-state index contributed by atoms with van der Waals surface area (Å²) in [5, 5.41) is 0. The number of imidazole rings is 1. The van der Waals surface area contributed by atoms with E-state index in [-0.39, 0.29) is 17.2 Å². The van der Waals surface area contributed by atoms with Gasteiger partial charge in [-0.1, -0.05) is 20.8 Å². The smallest absolute Gasteiger partial charge is 0.303 e. The molecule has 5 heteroatoms. The Morgan fingerprint density at radius 1 is 1.14 bits per heavy atom. The summed E-state index contributed by atoms with van der Waals surface area (Å²) in [5.41, 5.74) is 0.0890. The Morgan fingerprint density at radius 2 is 1.76 bits per heavy atom. The maximum Gasteiger partial charge on any atom is 0.326 e. The van der Waals surface area contributed by atoms with E-state index in [0.717, 1.165) is 31.7 Å². The van der Waals surface area contributed by atoms with Crippen LogP contribution in [0.25, 0.3) is 11.0 Å². The van der Waals surface area contributed by atoms with Crippen LogP contribution in [0.4, 0.5) is 8.78 Å². The van der Waals surface area contributed by atoms with Crippen molar-refractivity contribution in [2.24, 2.45) is 5.92 Å². The van der Waals surface area contributed by atoms with E-state index < -0.39 is 11.6 Å². The number of hydrogen-bond donors (Lipinski definition) is 1. The topological polar surface area (TPSA) is 37.8 Å². The highest BCUT2D eigenvalue weighted by molar-refractivity contribution is 5.76. The summed E-state index contributed by atoms with van der Waals surface area (Å²) in [6.45, 7) is 6.19. The maximum absolute atomic E-state index is 13.6. The fourth-order valence-corrected chi connectivity index (χ4v) is 3.01. The fourth-order valence-electron chi connectivity index (χ4n) is 3.01. The van der Waals surface area contributed by atoms with E-state index in [4.69, 9.17) is 0 Å². The third-order valence-electron chi connectivity index (χ3n) is 4.09. The molecule has 0 atom stereocenters. The molecule has 1 aromatic carbocycles. The molecule has 0 amide bonds. The lowest BCUT2D eigenvalue weighted by Crippen LogP contribution is -2.25. The third kappa shape index (κ3) is 3.01. The van der Waals surface area contributed by atoms with Crippen LogP contribution in [0.2, 0.25) is 0 Å². The molecule has 0 unspecified atom stereocenters. The molecular weight excluding hydrogens is 274 g/mol. The number of aromatic amines is 1. The van der Waals surface area contributed by atoms with E-state index in [1.165, 1.54) is 10.6 Å². The lowest BCUT2D eigenvalue weighted by molar-refractivity contribution is 0.290. The Bertz CT molecular complexity index is 667. The van der Waals surface area contributed by atoms with Crippen molar-refractivity contribution in [3.8, 4) is 0 Å². The van der Waals surface area contributed by atoms with Gasteiger partial charge in [0.2, 0.25) is 0 Å². The van der Waals surface area contributed by atoms with Gasteiger partial charge in [0.1, 0.15) is 11.3 Å². The number of hydrogen-bond acceptors (Lipinski definition) is 1. The Morgan fingerprint density at radius 3 is 2.38 bits per heavy atom. The average Bonchev–Trinajstić information content (AvgIpc) is 2.79. The molecule has 1 fully saturated rings. The molecule has 3 nitrogen and oxygen atoms in total. The van der Waals surface area contributed by atoms with Crippen LogP contribution in [-0.4, -0.2) is 9.55 Å². The van der Waals surface area contributed by atoms with Crippen LogP contribution in [0.15, 0.2) is 16.9 Å². The van der Waals surface area contributed by atoms with Crippen LogP contribution in [0.3, 0.4) is 0 Å². The van der Waals surface area contributed by atoms with E-state index in [0.29, 0.717) is 11.4 Å². The van der Waals surface area contributed by atoms with E-state index >= 15 is 0 Å². The van der Waals surface area contributed by atoms with Gasteiger partial charge in [-0.15, -0.1) is 0 Å². The van der Waals surface area contributed by atoms with Crippen LogP contribution in [0.1, 0.15) is 52.5 Å². The van der Waals surface area contributed by atoms with Crippen molar-refractivity contribution in [3.05, 3.63) is 34.3 Å². The van der Waals surface area contributed by atoms with Gasteiger partial charge >= 0.3 is 5.69 Å². The highest BCUT2D eigenvalue weighted by Crippen LogP contribution is 2.33. The summed E-state index contributed by atoms with van der Waals surface area (Å²) in [6.07, 6.45) is 3.85. The molecule has 1 aromatic heterocycles. The first-order chi connectivity index (χ1) is 10.1. The Kier molecular flexibility index (Phi) is 4.80. The molecule has 1 saturated carbocycles. The predicted molar refractivity (Wildman–Crippen MR) is 80.5 cm³/mol. The molecule has 0 radical (unpaired) electrons. The fraction of sp³-hybridized carbons (Fsp3) is 0.562. The summed E-state index contributed by atoms with van der Waals surface area (Å²) in [5.74, 6) is -0.706. The molecule has 0 bridgehead atoms. The number of nitrogens with one attached hydrogen (secondary N) is 1. The van der Waals surface area contributed by atoms with Gasteiger partial charge in [-0.2, -0.15) is 0 Å². The monoisotopic (exact) mass is 296 g/mol. The Hall–Kier alpha value is -1.65. The maximum atomic E-state index is 13.6. The minimum absolute atomic E-state index is 0.0404. The van der Waals surface area contributed by atoms with Gasteiger partial charge in [-0.25, -0.2) is 13.6 Å². The number of fused-ring (bicyclic) bond motifs is 1. The van der Waals surface area contributed by atoms with Gasteiger partial charge in [-0.05, 0) is 31.6 Å². The van der Waals surface area contributed by atoms with Crippen LogP contribution in [0, 0.1) is 17.6 Å². The molecule has 116 valence electrons. The van der Waals surface area contributed by atoms with Crippen LogP contribution in [0.5, 0.6) is 0 Å². The molecule has 1 aliphatic carbocycles. The van der Waals surface area contributed by atoms with Crippen molar-refractivity contribution < 1.29 is 8.78 Å². The summed E-state index contributed by atoms with van der Waals surface area (Å²) in [6, 6.07) is 2.07. The summed E-state index contributed by atoms with van der Waals surface area (Å²) < 4.78 is 28.5. The van der Waals surface area contributed by atoms with Crippen LogP contribution < -0.4 is 5.69 Å². The van der Waals surface area contributed by atoms with Crippen molar-refractivity contribution in [1.82, 2.24) is 9.55 Å². The SMILES string of the molecule is CC.CC1CCC(n2c(=O)[nH]c3c(F)cc(F)cc32)CC1. The zero-order valence-electron chi connectivity index (χ0n) is 12.7. The molecule has 1 heterocycles. The normalized spacial score (nSPS) is 22.0. The lowest BCUT2D eigenvalue weighted by Gasteiger charge is -2.27. The first kappa shape index (κ1) is 15.7. The first-order valence-corrected chi connectivity index (χ1v) is 7.65. The van der Waals surface area contributed by atoms with Crippen molar-refractivity contribution in [1.29, 1.82) is 0 Å². The van der Waals surface area contributed by atoms with E-state index in [1.807, 2.05) is 13.8 Å². The number of H-pyrrole nitrogens is 1. The van der Waals surface area contributed by atoms with Crippen LogP contribution >= 0.6 is 0 Å². The van der Waals surface area contributed by atoms with E-state index in [9.17, 15) is 13.6 Å². The standard InChI is InChI=1S/C14H16F2N2O.C2H6/c1-8-2-4-10(5-3-8)18-12-7-9(15)6-11(16)13(12)17-14(18)19;1-2/h6-8,10H,2-5H2,1H3,(H,17,19);1-2H3. The van der Waals surface area contributed by atoms with Crippen LogP contribution in [-0.2, 0) is 0 Å². The van der Waals surface area contributed by atoms with E-state index in [2.05, 4.69) is 11.9 Å². The van der Waals surface area contributed by atoms with Gasteiger partial charge in [0, 0.05) is 18.2 Å². The second-order valence-electron chi connectivity index (χ2n) is 5.50. The van der Waals surface area contributed by atoms with Crippen molar-refractivity contribution in [2.75, 3.05) is 0 Å². The largest absolute Gasteiger partial charge is 0.326 e. The zero-order valence-corrected chi connectivity index (χ0v) is 12.7. The second-order valence-corrected chi connectivity index (χ2v) is 5.50. The molecule has 3 rings (SSSR count). The van der Waals surface area contributed by atoms with Crippen molar-refractivity contribution in [3.63, 3.8) is 0 Å². The minimum atomic E-state index is -0.713. The number of nitrogens with zero attached hydrogens (tertiary/aromatic N) is 1. The third-order valence-corrected chi connectivity index (χ3v) is 4.09. The van der Waals surface area contributed by atoms with Crippen molar-refractivity contribution in [2.45, 2.75) is 52.5 Å². The van der Waals surface area contributed by atoms with Crippen molar-refractivity contribution >= 4 is 11.0 Å².